The fraction of sp³-hybridized carbons (Fsp3) is 0.235. The van der Waals surface area contributed by atoms with Crippen molar-refractivity contribution in [3.63, 3.8) is 0 Å². The monoisotopic (exact) mass is 319 g/mol. The third-order valence-corrected chi connectivity index (χ3v) is 4.58. The molecule has 0 unspecified atom stereocenters. The van der Waals surface area contributed by atoms with Crippen molar-refractivity contribution in [3.8, 4) is 0 Å². The minimum Gasteiger partial charge on any atom is -0.349 e. The van der Waals surface area contributed by atoms with Crippen molar-refractivity contribution in [3.05, 3.63) is 69.2 Å². The quantitative estimate of drug-likeness (QED) is 0.895. The van der Waals surface area contributed by atoms with E-state index in [0.29, 0.717) is 15.6 Å². The van der Waals surface area contributed by atoms with E-state index in [2.05, 4.69) is 17.4 Å². The van der Waals surface area contributed by atoms with Crippen LogP contribution in [0.4, 0.5) is 0 Å². The summed E-state index contributed by atoms with van der Waals surface area (Å²) in [6.07, 6.45) is 2.16. The predicted octanol–water partition coefficient (Wildman–Crippen LogP) is 4.34. The lowest BCUT2D eigenvalue weighted by atomic mass is 10.1. The van der Waals surface area contributed by atoms with Gasteiger partial charge in [-0.25, -0.2) is 0 Å². The minimum absolute atomic E-state index is 0.0493. The molecule has 0 saturated heterocycles. The first-order chi connectivity index (χ1) is 10.1. The van der Waals surface area contributed by atoms with E-state index < -0.39 is 0 Å². The van der Waals surface area contributed by atoms with Crippen LogP contribution in [-0.2, 0) is 17.6 Å². The smallest absolute Gasteiger partial charge is 0.225 e. The van der Waals surface area contributed by atoms with Crippen LogP contribution >= 0.6 is 23.2 Å². The van der Waals surface area contributed by atoms with Gasteiger partial charge in [0.05, 0.1) is 12.5 Å². The second-order valence-corrected chi connectivity index (χ2v) is 6.05. The van der Waals surface area contributed by atoms with Gasteiger partial charge in [-0.3, -0.25) is 4.79 Å². The third kappa shape index (κ3) is 3.07. The van der Waals surface area contributed by atoms with E-state index in [1.54, 1.807) is 18.2 Å². The zero-order chi connectivity index (χ0) is 14.8. The standard InChI is InChI=1S/C17H15Cl2NO/c18-14-6-3-7-15(19)13(14)10-17(21)20-16-9-8-11-4-1-2-5-12(11)16/h1-7,16H,8-10H2,(H,20,21)/t16-/m0/s1. The third-order valence-electron chi connectivity index (χ3n) is 3.87. The van der Waals surface area contributed by atoms with Crippen LogP contribution in [0.5, 0.6) is 0 Å². The molecule has 0 radical (unpaired) electrons. The number of hydrogen-bond acceptors (Lipinski definition) is 1. The summed E-state index contributed by atoms with van der Waals surface area (Å²) < 4.78 is 0. The lowest BCUT2D eigenvalue weighted by Gasteiger charge is -2.15. The molecule has 1 N–H and O–H groups in total. The van der Waals surface area contributed by atoms with Crippen molar-refractivity contribution in [1.29, 1.82) is 0 Å². The summed E-state index contributed by atoms with van der Waals surface area (Å²) in [5.74, 6) is -0.0493. The second-order valence-electron chi connectivity index (χ2n) is 5.23. The number of carbonyl (C=O) groups excluding carboxylic acids is 1. The van der Waals surface area contributed by atoms with Crippen LogP contribution in [0.1, 0.15) is 29.2 Å². The predicted molar refractivity (Wildman–Crippen MR) is 85.8 cm³/mol. The fourth-order valence-electron chi connectivity index (χ4n) is 2.81. The Morgan fingerprint density at radius 3 is 2.57 bits per heavy atom. The van der Waals surface area contributed by atoms with Gasteiger partial charge in [0, 0.05) is 10.0 Å². The van der Waals surface area contributed by atoms with E-state index in [4.69, 9.17) is 23.2 Å². The van der Waals surface area contributed by atoms with E-state index in [1.165, 1.54) is 11.1 Å². The molecule has 0 spiro atoms. The summed E-state index contributed by atoms with van der Waals surface area (Å²) in [7, 11) is 0. The number of amides is 1. The van der Waals surface area contributed by atoms with Crippen molar-refractivity contribution in [2.75, 3.05) is 0 Å². The zero-order valence-corrected chi connectivity index (χ0v) is 12.9. The number of nitrogens with one attached hydrogen (secondary N) is 1. The maximum absolute atomic E-state index is 12.3. The summed E-state index contributed by atoms with van der Waals surface area (Å²) in [5.41, 5.74) is 3.22. The highest BCUT2D eigenvalue weighted by Crippen LogP contribution is 2.31. The van der Waals surface area contributed by atoms with Crippen LogP contribution in [0.3, 0.4) is 0 Å². The van der Waals surface area contributed by atoms with Crippen LogP contribution in [-0.4, -0.2) is 5.91 Å². The average molecular weight is 320 g/mol. The van der Waals surface area contributed by atoms with E-state index in [-0.39, 0.29) is 18.4 Å². The van der Waals surface area contributed by atoms with Gasteiger partial charge in [0.25, 0.3) is 0 Å². The first-order valence-corrected chi connectivity index (χ1v) is 7.71. The zero-order valence-electron chi connectivity index (χ0n) is 11.4. The molecule has 0 fully saturated rings. The average Bonchev–Trinajstić information content (AvgIpc) is 2.87. The topological polar surface area (TPSA) is 29.1 Å². The molecule has 2 aromatic carbocycles. The molecule has 1 aliphatic carbocycles. The van der Waals surface area contributed by atoms with Crippen molar-refractivity contribution >= 4 is 29.1 Å². The Morgan fingerprint density at radius 2 is 1.81 bits per heavy atom. The lowest BCUT2D eigenvalue weighted by Crippen LogP contribution is -2.28. The molecule has 3 rings (SSSR count). The number of aryl methyl sites for hydroxylation is 1. The Morgan fingerprint density at radius 1 is 1.10 bits per heavy atom. The molecule has 0 heterocycles. The first kappa shape index (κ1) is 14.4. The number of fused-ring (bicyclic) bond motifs is 1. The Hall–Kier alpha value is -1.51. The summed E-state index contributed by atoms with van der Waals surface area (Å²) in [4.78, 5) is 12.3. The highest BCUT2D eigenvalue weighted by Gasteiger charge is 2.23. The van der Waals surface area contributed by atoms with E-state index in [1.807, 2.05) is 12.1 Å². The van der Waals surface area contributed by atoms with Gasteiger partial charge in [-0.15, -0.1) is 0 Å². The fourth-order valence-corrected chi connectivity index (χ4v) is 3.35. The number of hydrogen-bond donors (Lipinski definition) is 1. The second kappa shape index (κ2) is 6.08. The molecule has 1 amide bonds. The van der Waals surface area contributed by atoms with Crippen LogP contribution in [0.2, 0.25) is 10.0 Å². The van der Waals surface area contributed by atoms with Crippen molar-refractivity contribution in [1.82, 2.24) is 5.32 Å². The van der Waals surface area contributed by atoms with Crippen LogP contribution < -0.4 is 5.32 Å². The molecule has 21 heavy (non-hydrogen) atoms. The summed E-state index contributed by atoms with van der Waals surface area (Å²) in [5, 5.41) is 4.15. The molecule has 0 bridgehead atoms. The molecular weight excluding hydrogens is 305 g/mol. The minimum atomic E-state index is -0.0493. The Balaban J connectivity index is 1.71. The Labute approximate surface area is 134 Å². The highest BCUT2D eigenvalue weighted by molar-refractivity contribution is 6.36. The Kier molecular flexibility index (Phi) is 4.18. The molecule has 2 nitrogen and oxygen atoms in total. The molecule has 4 heteroatoms. The molecule has 1 aliphatic rings. The van der Waals surface area contributed by atoms with Gasteiger partial charge in [0.15, 0.2) is 0 Å². The summed E-state index contributed by atoms with van der Waals surface area (Å²) in [6.45, 7) is 0. The number of halogens is 2. The van der Waals surface area contributed by atoms with Gasteiger partial charge in [-0.1, -0.05) is 53.5 Å². The number of rotatable bonds is 3. The number of benzene rings is 2. The van der Waals surface area contributed by atoms with Crippen LogP contribution in [0.15, 0.2) is 42.5 Å². The van der Waals surface area contributed by atoms with E-state index in [0.717, 1.165) is 12.8 Å². The van der Waals surface area contributed by atoms with Gasteiger partial charge in [0.1, 0.15) is 0 Å². The lowest BCUT2D eigenvalue weighted by molar-refractivity contribution is -0.121. The van der Waals surface area contributed by atoms with Crippen LogP contribution in [0, 0.1) is 0 Å². The van der Waals surface area contributed by atoms with Gasteiger partial charge >= 0.3 is 0 Å². The maximum atomic E-state index is 12.3. The van der Waals surface area contributed by atoms with Gasteiger partial charge in [-0.05, 0) is 41.7 Å². The Bertz CT molecular complexity index is 664. The molecule has 0 saturated carbocycles. The molecule has 0 aliphatic heterocycles. The number of carbonyl (C=O) groups is 1. The van der Waals surface area contributed by atoms with Gasteiger partial charge < -0.3 is 5.32 Å². The molecule has 2 aromatic rings. The largest absolute Gasteiger partial charge is 0.349 e. The molecule has 1 atom stereocenters. The first-order valence-electron chi connectivity index (χ1n) is 6.95. The van der Waals surface area contributed by atoms with Crippen LogP contribution in [0.25, 0.3) is 0 Å². The normalized spacial score (nSPS) is 16.6. The molecular formula is C17H15Cl2NO. The van der Waals surface area contributed by atoms with E-state index in [9.17, 15) is 4.79 Å². The summed E-state index contributed by atoms with van der Waals surface area (Å²) >= 11 is 12.2. The highest BCUT2D eigenvalue weighted by atomic mass is 35.5. The SMILES string of the molecule is O=C(Cc1c(Cl)cccc1Cl)N[C@H]1CCc2ccccc21. The van der Waals surface area contributed by atoms with Crippen molar-refractivity contribution in [2.24, 2.45) is 0 Å². The molecule has 108 valence electrons. The maximum Gasteiger partial charge on any atom is 0.225 e. The molecule has 0 aromatic heterocycles. The van der Waals surface area contributed by atoms with Gasteiger partial charge in [0.2, 0.25) is 5.91 Å². The van der Waals surface area contributed by atoms with Crippen molar-refractivity contribution in [2.45, 2.75) is 25.3 Å². The van der Waals surface area contributed by atoms with Gasteiger partial charge in [-0.2, -0.15) is 0 Å². The van der Waals surface area contributed by atoms with Crippen molar-refractivity contribution < 1.29 is 4.79 Å². The van der Waals surface area contributed by atoms with E-state index >= 15 is 0 Å². The summed E-state index contributed by atoms with van der Waals surface area (Å²) in [6, 6.07) is 13.6.